The van der Waals surface area contributed by atoms with Gasteiger partial charge < -0.3 is 0 Å². The first-order chi connectivity index (χ1) is 2.81. The number of rotatable bonds is 2. The summed E-state index contributed by atoms with van der Waals surface area (Å²) in [6.45, 7) is -0.356. The van der Waals surface area contributed by atoms with Crippen molar-refractivity contribution in [2.75, 3.05) is 6.67 Å². The number of halogens is 3. The van der Waals surface area contributed by atoms with Gasteiger partial charge in [-0.05, 0) is 0 Å². The third kappa shape index (κ3) is 3.09. The Bertz CT molecular complexity index is 28.0. The van der Waals surface area contributed by atoms with Crippen molar-refractivity contribution in [1.29, 1.82) is 0 Å². The van der Waals surface area contributed by atoms with E-state index in [4.69, 9.17) is 0 Å². The first-order valence-electron chi connectivity index (χ1n) is 1.45. The van der Waals surface area contributed by atoms with Gasteiger partial charge in [-0.25, -0.2) is 4.39 Å². The van der Waals surface area contributed by atoms with Crippen molar-refractivity contribution in [2.45, 2.75) is 4.83 Å². The molecule has 0 nitrogen and oxygen atoms in total. The summed E-state index contributed by atoms with van der Waals surface area (Å²) in [7, 11) is 0. The zero-order valence-corrected chi connectivity index (χ0v) is 6.17. The average Bonchev–Trinajstić information content (AvgIpc) is 1.65. The van der Waals surface area contributed by atoms with Crippen molar-refractivity contribution in [3.8, 4) is 0 Å². The molecule has 0 aromatic carbocycles. The normalized spacial score (nSPS) is 14.5. The Morgan fingerprint density at radius 1 is 1.83 bits per heavy atom. The van der Waals surface area contributed by atoms with Crippen LogP contribution in [0.5, 0.6) is 0 Å². The van der Waals surface area contributed by atoms with Gasteiger partial charge >= 0.3 is 0 Å². The summed E-state index contributed by atoms with van der Waals surface area (Å²) < 4.78 is 11.3. The minimum absolute atomic E-state index is 0.127. The Balaban J connectivity index is 2.75. The zero-order valence-electron chi connectivity index (χ0n) is 3.00. The molecule has 0 aliphatic heterocycles. The molecular formula is C3H4Br2F. The first-order valence-corrected chi connectivity index (χ1v) is 3.28. The lowest BCUT2D eigenvalue weighted by molar-refractivity contribution is 0.508. The lowest BCUT2D eigenvalue weighted by atomic mass is 10.6. The molecule has 3 heteroatoms. The molecule has 0 aromatic rings. The van der Waals surface area contributed by atoms with E-state index in [1.165, 1.54) is 0 Å². The molecule has 1 unspecified atom stereocenters. The summed E-state index contributed by atoms with van der Waals surface area (Å²) in [6.07, 6.45) is 0. The second kappa shape index (κ2) is 4.06. The van der Waals surface area contributed by atoms with Gasteiger partial charge in [0.1, 0.15) is 6.67 Å². The van der Waals surface area contributed by atoms with Crippen molar-refractivity contribution in [3.05, 3.63) is 5.33 Å². The van der Waals surface area contributed by atoms with Crippen molar-refractivity contribution in [3.63, 3.8) is 0 Å². The monoisotopic (exact) mass is 217 g/mol. The molecule has 0 spiro atoms. The fraction of sp³-hybridized carbons (Fsp3) is 0.667. The molecule has 0 rings (SSSR count). The van der Waals surface area contributed by atoms with E-state index in [1.54, 1.807) is 5.33 Å². The van der Waals surface area contributed by atoms with Crippen molar-refractivity contribution in [2.24, 2.45) is 0 Å². The molecule has 0 N–H and O–H groups in total. The Kier molecular flexibility index (Phi) is 4.66. The average molecular weight is 219 g/mol. The summed E-state index contributed by atoms with van der Waals surface area (Å²) in [6, 6.07) is 0. The van der Waals surface area contributed by atoms with Crippen molar-refractivity contribution < 1.29 is 4.39 Å². The molecule has 0 heterocycles. The first kappa shape index (κ1) is 6.89. The molecule has 1 radical (unpaired) electrons. The van der Waals surface area contributed by atoms with Gasteiger partial charge in [-0.3, -0.25) is 0 Å². The Labute approximate surface area is 53.4 Å². The Morgan fingerprint density at radius 3 is 2.33 bits per heavy atom. The molecule has 0 fully saturated rings. The Morgan fingerprint density at radius 2 is 2.33 bits per heavy atom. The standard InChI is InChI=1S/C3H4Br2F/c4-1-3(5)2-6/h1,3H,2H2. The molecule has 0 amide bonds. The SMILES string of the molecule is FCC(Br)[CH]Br. The van der Waals surface area contributed by atoms with E-state index in [0.717, 1.165) is 0 Å². The second-order valence-corrected chi connectivity index (χ2v) is 2.50. The van der Waals surface area contributed by atoms with Crippen LogP contribution in [0.4, 0.5) is 4.39 Å². The van der Waals surface area contributed by atoms with Crippen LogP contribution in [-0.2, 0) is 0 Å². The van der Waals surface area contributed by atoms with Crippen LogP contribution < -0.4 is 0 Å². The predicted octanol–water partition coefficient (Wildman–Crippen LogP) is 2.28. The van der Waals surface area contributed by atoms with E-state index in [2.05, 4.69) is 31.9 Å². The smallest absolute Gasteiger partial charge is 0.103 e. The maximum absolute atomic E-state index is 11.3. The van der Waals surface area contributed by atoms with Crippen LogP contribution in [0.3, 0.4) is 0 Å². The Hall–Kier alpha value is 0.890. The van der Waals surface area contributed by atoms with Crippen LogP contribution in [0.1, 0.15) is 0 Å². The zero-order chi connectivity index (χ0) is 4.99. The van der Waals surface area contributed by atoms with E-state index in [1.807, 2.05) is 0 Å². The third-order valence-electron chi connectivity index (χ3n) is 0.284. The van der Waals surface area contributed by atoms with Gasteiger partial charge in [0.25, 0.3) is 0 Å². The maximum atomic E-state index is 11.3. The molecular weight excluding hydrogens is 215 g/mol. The second-order valence-electron chi connectivity index (χ2n) is 0.796. The largest absolute Gasteiger partial charge is 0.250 e. The van der Waals surface area contributed by atoms with Crippen LogP contribution in [0.2, 0.25) is 0 Å². The summed E-state index contributed by atoms with van der Waals surface area (Å²) >= 11 is 5.96. The number of hydrogen-bond acceptors (Lipinski definition) is 0. The molecule has 6 heavy (non-hydrogen) atoms. The minimum atomic E-state index is -0.356. The van der Waals surface area contributed by atoms with Crippen LogP contribution >= 0.6 is 31.9 Å². The molecule has 37 valence electrons. The highest BCUT2D eigenvalue weighted by Crippen LogP contribution is 2.07. The van der Waals surface area contributed by atoms with Gasteiger partial charge in [-0.15, -0.1) is 0 Å². The minimum Gasteiger partial charge on any atom is -0.250 e. The molecule has 0 aliphatic rings. The van der Waals surface area contributed by atoms with Crippen molar-refractivity contribution >= 4 is 31.9 Å². The van der Waals surface area contributed by atoms with E-state index >= 15 is 0 Å². The molecule has 0 aliphatic carbocycles. The fourth-order valence-corrected chi connectivity index (χ4v) is 0.175. The predicted molar refractivity (Wildman–Crippen MR) is 31.9 cm³/mol. The van der Waals surface area contributed by atoms with Crippen LogP contribution in [0, 0.1) is 5.33 Å². The number of alkyl halides is 2. The molecule has 0 saturated heterocycles. The number of hydrogen-bond donors (Lipinski definition) is 0. The lowest BCUT2D eigenvalue weighted by Gasteiger charge is -1.91. The van der Waals surface area contributed by atoms with Crippen LogP contribution in [-0.4, -0.2) is 11.5 Å². The van der Waals surface area contributed by atoms with Gasteiger partial charge in [-0.2, -0.15) is 0 Å². The van der Waals surface area contributed by atoms with Gasteiger partial charge in [0.2, 0.25) is 0 Å². The van der Waals surface area contributed by atoms with Crippen LogP contribution in [0.25, 0.3) is 0 Å². The fourth-order valence-electron chi connectivity index (χ4n) is 0.0337. The van der Waals surface area contributed by atoms with E-state index in [0.29, 0.717) is 0 Å². The van der Waals surface area contributed by atoms with Crippen LogP contribution in [0.15, 0.2) is 0 Å². The highest BCUT2D eigenvalue weighted by Gasteiger charge is 1.96. The molecule has 0 saturated carbocycles. The topological polar surface area (TPSA) is 0 Å². The van der Waals surface area contributed by atoms with E-state index in [-0.39, 0.29) is 11.5 Å². The lowest BCUT2D eigenvalue weighted by Crippen LogP contribution is -1.93. The summed E-state index contributed by atoms with van der Waals surface area (Å²) in [5.41, 5.74) is 0. The highest BCUT2D eigenvalue weighted by atomic mass is 79.9. The van der Waals surface area contributed by atoms with Gasteiger partial charge in [0.15, 0.2) is 0 Å². The summed E-state index contributed by atoms with van der Waals surface area (Å²) in [4.78, 5) is -0.127. The summed E-state index contributed by atoms with van der Waals surface area (Å²) in [5.74, 6) is 0. The van der Waals surface area contributed by atoms with E-state index in [9.17, 15) is 4.39 Å². The van der Waals surface area contributed by atoms with Gasteiger partial charge in [0, 0.05) is 5.33 Å². The maximum Gasteiger partial charge on any atom is 0.103 e. The third-order valence-corrected chi connectivity index (χ3v) is 2.14. The van der Waals surface area contributed by atoms with E-state index < -0.39 is 0 Å². The molecule has 0 aromatic heterocycles. The van der Waals surface area contributed by atoms with Gasteiger partial charge in [0.05, 0.1) is 4.83 Å². The summed E-state index contributed by atoms with van der Waals surface area (Å²) in [5, 5.41) is 1.58. The van der Waals surface area contributed by atoms with Crippen molar-refractivity contribution in [1.82, 2.24) is 0 Å². The quantitative estimate of drug-likeness (QED) is 0.624. The highest BCUT2D eigenvalue weighted by molar-refractivity contribution is 9.13. The van der Waals surface area contributed by atoms with Gasteiger partial charge in [-0.1, -0.05) is 31.9 Å². The molecule has 1 atom stereocenters. The molecule has 0 bridgehead atoms.